The van der Waals surface area contributed by atoms with E-state index in [1.165, 1.54) is 20.1 Å². The number of carbonyl (C=O) groups is 2. The van der Waals surface area contributed by atoms with Gasteiger partial charge in [-0.1, -0.05) is 0 Å². The van der Waals surface area contributed by atoms with Crippen molar-refractivity contribution in [2.75, 3.05) is 67.2 Å². The van der Waals surface area contributed by atoms with Crippen LogP contribution in [0.2, 0.25) is 0 Å². The molecule has 12 heteroatoms. The van der Waals surface area contributed by atoms with Crippen molar-refractivity contribution in [1.82, 2.24) is 9.88 Å². The predicted molar refractivity (Wildman–Crippen MR) is 159 cm³/mol. The fraction of sp³-hybridized carbons (Fsp3) is 0.379. The molecule has 1 aromatic carbocycles. The molecule has 0 radical (unpaired) electrons. The number of aliphatic hydroxyl groups is 1. The lowest BCUT2D eigenvalue weighted by molar-refractivity contribution is -0.142. The van der Waals surface area contributed by atoms with E-state index >= 15 is 0 Å². The first kappa shape index (κ1) is 29.4. The van der Waals surface area contributed by atoms with Gasteiger partial charge in [-0.15, -0.1) is 0 Å². The number of amides is 2. The Morgan fingerprint density at radius 1 is 1.17 bits per heavy atom. The molecular weight excluding hydrogens is 529 g/mol. The number of ether oxygens (including phenoxy) is 1. The minimum atomic E-state index is -1.89. The van der Waals surface area contributed by atoms with Crippen molar-refractivity contribution in [3.05, 3.63) is 59.6 Å². The van der Waals surface area contributed by atoms with Crippen LogP contribution in [0.15, 0.2) is 59.1 Å². The van der Waals surface area contributed by atoms with Crippen LogP contribution in [0.4, 0.5) is 27.1 Å². The number of anilines is 4. The molecule has 1 aromatic heterocycles. The normalized spacial score (nSPS) is 16.1. The molecule has 0 spiro atoms. The number of aliphatic imine (C=N–C) groups is 1. The highest BCUT2D eigenvalue weighted by molar-refractivity contribution is 6.08. The molecule has 4 N–H and O–H groups in total. The molecule has 0 saturated carbocycles. The van der Waals surface area contributed by atoms with Gasteiger partial charge >= 0.3 is 0 Å². The van der Waals surface area contributed by atoms with Crippen molar-refractivity contribution in [3.8, 4) is 5.88 Å². The van der Waals surface area contributed by atoms with Crippen molar-refractivity contribution in [1.29, 1.82) is 0 Å². The topological polar surface area (TPSA) is 131 Å². The number of halogens is 1. The van der Waals surface area contributed by atoms with E-state index in [0.717, 1.165) is 23.2 Å². The zero-order chi connectivity index (χ0) is 29.6. The third-order valence-corrected chi connectivity index (χ3v) is 6.84. The number of carbonyl (C=O) groups excluding carboxylic acids is 2. The number of hydrogen-bond acceptors (Lipinski definition) is 9. The van der Waals surface area contributed by atoms with Gasteiger partial charge in [-0.2, -0.15) is 0 Å². The second kappa shape index (κ2) is 12.7. The number of nitrogens with one attached hydrogen (secondary N) is 3. The Morgan fingerprint density at radius 3 is 2.51 bits per heavy atom. The Balaban J connectivity index is 1.43. The molecule has 2 aliphatic heterocycles. The van der Waals surface area contributed by atoms with Gasteiger partial charge in [-0.3, -0.25) is 14.6 Å². The fourth-order valence-electron chi connectivity index (χ4n) is 4.59. The van der Waals surface area contributed by atoms with Crippen LogP contribution in [0.1, 0.15) is 19.4 Å². The number of benzene rings is 1. The van der Waals surface area contributed by atoms with Gasteiger partial charge in [0, 0.05) is 62.9 Å². The van der Waals surface area contributed by atoms with E-state index in [9.17, 15) is 19.1 Å². The molecule has 1 saturated heterocycles. The number of pyridine rings is 1. The van der Waals surface area contributed by atoms with Crippen LogP contribution < -0.4 is 25.6 Å². The maximum atomic E-state index is 14.0. The molecule has 2 aliphatic rings. The van der Waals surface area contributed by atoms with E-state index in [4.69, 9.17) is 4.74 Å². The summed E-state index contributed by atoms with van der Waals surface area (Å²) >= 11 is 0. The van der Waals surface area contributed by atoms with Gasteiger partial charge in [0.2, 0.25) is 5.88 Å². The second-order valence-corrected chi connectivity index (χ2v) is 10.2. The summed E-state index contributed by atoms with van der Waals surface area (Å²) in [4.78, 5) is 37.4. The average Bonchev–Trinajstić information content (AvgIpc) is 2.97. The largest absolute Gasteiger partial charge is 0.515 e. The summed E-state index contributed by atoms with van der Waals surface area (Å²) < 4.78 is 19.6. The fourth-order valence-corrected chi connectivity index (χ4v) is 4.59. The number of aromatic nitrogens is 1. The minimum absolute atomic E-state index is 0.00752. The van der Waals surface area contributed by atoms with Crippen molar-refractivity contribution >= 4 is 40.8 Å². The molecule has 0 unspecified atom stereocenters. The standard InChI is InChI=1S/C29H36FN7O4/c1-19-24(17-33-27-25(19)32-11-16-41-27)35-23(9-10-31-4)22(18-38)26(39)34-20-5-7-21(8-6-20)36-12-14-37(15-13-36)28(40)29(2,3)30/h5-10,17-18,32,35,38H,11-16H2,1-4H3,(H,34,39)/b22-18-,23-9+,31-10?. The van der Waals surface area contributed by atoms with Crippen LogP contribution >= 0.6 is 0 Å². The lowest BCUT2D eigenvalue weighted by Crippen LogP contribution is -2.53. The Morgan fingerprint density at radius 2 is 1.88 bits per heavy atom. The molecule has 3 heterocycles. The Bertz CT molecular complexity index is 1360. The van der Waals surface area contributed by atoms with Crippen LogP contribution in [0.5, 0.6) is 5.88 Å². The lowest BCUT2D eigenvalue weighted by Gasteiger charge is -2.37. The Hall–Kier alpha value is -4.61. The van der Waals surface area contributed by atoms with E-state index < -0.39 is 17.5 Å². The molecular formula is C29H36FN7O4. The number of alkyl halides is 1. The predicted octanol–water partition coefficient (Wildman–Crippen LogP) is 3.67. The summed E-state index contributed by atoms with van der Waals surface area (Å²) in [5, 5.41) is 19.3. The van der Waals surface area contributed by atoms with Crippen LogP contribution in [0.3, 0.4) is 0 Å². The van der Waals surface area contributed by atoms with Crippen LogP contribution in [-0.4, -0.2) is 85.1 Å². The summed E-state index contributed by atoms with van der Waals surface area (Å²) in [6.45, 7) is 7.64. The smallest absolute Gasteiger partial charge is 0.260 e. The van der Waals surface area contributed by atoms with Crippen LogP contribution in [0.25, 0.3) is 0 Å². The molecule has 0 bridgehead atoms. The highest BCUT2D eigenvalue weighted by Crippen LogP contribution is 2.34. The third-order valence-electron chi connectivity index (χ3n) is 6.84. The molecule has 41 heavy (non-hydrogen) atoms. The Kier molecular flexibility index (Phi) is 9.10. The van der Waals surface area contributed by atoms with Gasteiger partial charge in [0.05, 0.1) is 29.4 Å². The molecule has 0 atom stereocenters. The number of hydrogen-bond donors (Lipinski definition) is 4. The number of rotatable bonds is 8. The maximum Gasteiger partial charge on any atom is 0.260 e. The molecule has 1 fully saturated rings. The van der Waals surface area contributed by atoms with Gasteiger partial charge in [0.15, 0.2) is 5.67 Å². The minimum Gasteiger partial charge on any atom is -0.515 e. The first-order valence-corrected chi connectivity index (χ1v) is 13.4. The molecule has 0 aliphatic carbocycles. The zero-order valence-electron chi connectivity index (χ0n) is 23.7. The molecule has 2 amide bonds. The highest BCUT2D eigenvalue weighted by atomic mass is 19.1. The number of fused-ring (bicyclic) bond motifs is 1. The van der Waals surface area contributed by atoms with Gasteiger partial charge in [-0.25, -0.2) is 9.37 Å². The lowest BCUT2D eigenvalue weighted by atomic mass is 10.1. The Labute approximate surface area is 238 Å². The van der Waals surface area contributed by atoms with Gasteiger partial charge < -0.3 is 35.6 Å². The summed E-state index contributed by atoms with van der Waals surface area (Å²) in [5.41, 5.74) is 2.11. The molecule has 218 valence electrons. The summed E-state index contributed by atoms with van der Waals surface area (Å²) in [7, 11) is 1.60. The third kappa shape index (κ3) is 6.94. The summed E-state index contributed by atoms with van der Waals surface area (Å²) in [6, 6.07) is 7.25. The average molecular weight is 566 g/mol. The van der Waals surface area contributed by atoms with E-state index in [1.54, 1.807) is 36.4 Å². The van der Waals surface area contributed by atoms with E-state index in [-0.39, 0.29) is 5.57 Å². The van der Waals surface area contributed by atoms with Crippen molar-refractivity contribution in [2.24, 2.45) is 4.99 Å². The highest BCUT2D eigenvalue weighted by Gasteiger charge is 2.33. The number of piperazine rings is 1. The first-order valence-electron chi connectivity index (χ1n) is 13.4. The molecule has 2 aromatic rings. The number of aliphatic hydroxyl groups excluding tert-OH is 1. The van der Waals surface area contributed by atoms with Crippen molar-refractivity contribution < 1.29 is 23.8 Å². The van der Waals surface area contributed by atoms with E-state index in [2.05, 4.69) is 30.8 Å². The number of nitrogens with zero attached hydrogens (tertiary/aromatic N) is 4. The van der Waals surface area contributed by atoms with Gasteiger partial charge in [-0.05, 0) is 51.1 Å². The van der Waals surface area contributed by atoms with Gasteiger partial charge in [0.25, 0.3) is 11.8 Å². The number of allylic oxidation sites excluding steroid dienone is 1. The second-order valence-electron chi connectivity index (χ2n) is 10.2. The SMILES string of the molecule is CN=C/C=C(Nc1cnc2c(c1C)NCCO2)\C(=C\O)C(=O)Nc1ccc(N2CCN(C(=O)C(C)(C)F)CC2)cc1. The molecule has 4 rings (SSSR count). The monoisotopic (exact) mass is 565 g/mol. The first-order chi connectivity index (χ1) is 19.6. The summed E-state index contributed by atoms with van der Waals surface area (Å²) in [6.07, 6.45) is 5.45. The van der Waals surface area contributed by atoms with Crippen molar-refractivity contribution in [3.63, 3.8) is 0 Å². The molecule has 11 nitrogen and oxygen atoms in total. The summed E-state index contributed by atoms with van der Waals surface area (Å²) in [5.74, 6) is -0.521. The van der Waals surface area contributed by atoms with E-state index in [0.29, 0.717) is 62.3 Å². The quantitative estimate of drug-likeness (QED) is 0.165. The maximum absolute atomic E-state index is 14.0. The zero-order valence-corrected chi connectivity index (χ0v) is 23.7. The van der Waals surface area contributed by atoms with Gasteiger partial charge in [0.1, 0.15) is 12.3 Å². The van der Waals surface area contributed by atoms with Crippen LogP contribution in [-0.2, 0) is 9.59 Å². The van der Waals surface area contributed by atoms with Crippen LogP contribution in [0, 0.1) is 6.92 Å². The van der Waals surface area contributed by atoms with E-state index in [1.807, 2.05) is 19.1 Å². The van der Waals surface area contributed by atoms with Crippen molar-refractivity contribution in [2.45, 2.75) is 26.4 Å².